The molecule has 0 radical (unpaired) electrons. The summed E-state index contributed by atoms with van der Waals surface area (Å²) in [5.74, 6) is -0.475. The minimum Gasteiger partial charge on any atom is -0.476 e. The predicted octanol–water partition coefficient (Wildman–Crippen LogP) is 4.51. The average Bonchev–Trinajstić information content (AvgIpc) is 2.96. The first kappa shape index (κ1) is 15.3. The molecule has 1 N–H and O–H groups in total. The molecule has 0 aliphatic carbocycles. The highest BCUT2D eigenvalue weighted by molar-refractivity contribution is 6.31. The standard InChI is InChI=1S/C18H15ClN2O2/c1-11-5-3-4-6-14(11)17-20-16(18(22)23)10-21(17)13-8-7-12(2)15(19)9-13/h3-10H,1-2H3,(H,22,23). The summed E-state index contributed by atoms with van der Waals surface area (Å²) in [6.07, 6.45) is 1.52. The molecule has 0 unspecified atom stereocenters. The number of imidazole rings is 1. The van der Waals surface area contributed by atoms with Crippen molar-refractivity contribution < 1.29 is 9.90 Å². The highest BCUT2D eigenvalue weighted by Crippen LogP contribution is 2.28. The maximum absolute atomic E-state index is 11.3. The molecule has 1 heterocycles. The largest absolute Gasteiger partial charge is 0.476 e. The zero-order valence-corrected chi connectivity index (χ0v) is 13.5. The topological polar surface area (TPSA) is 55.1 Å². The molecule has 3 aromatic rings. The second-order valence-corrected chi connectivity index (χ2v) is 5.78. The number of benzene rings is 2. The summed E-state index contributed by atoms with van der Waals surface area (Å²) in [7, 11) is 0. The van der Waals surface area contributed by atoms with Crippen LogP contribution in [0.15, 0.2) is 48.7 Å². The second kappa shape index (κ2) is 5.89. The number of carboxylic acid groups (broad SMARTS) is 1. The Hall–Kier alpha value is -2.59. The number of aromatic carboxylic acids is 1. The van der Waals surface area contributed by atoms with Gasteiger partial charge in [-0.1, -0.05) is 41.9 Å². The quantitative estimate of drug-likeness (QED) is 0.770. The highest BCUT2D eigenvalue weighted by Gasteiger charge is 2.17. The molecular formula is C18H15ClN2O2. The zero-order valence-electron chi connectivity index (χ0n) is 12.7. The van der Waals surface area contributed by atoms with Gasteiger partial charge in [0.2, 0.25) is 0 Å². The van der Waals surface area contributed by atoms with Crippen molar-refractivity contribution in [3.05, 3.63) is 70.5 Å². The number of hydrogen-bond acceptors (Lipinski definition) is 2. The minimum atomic E-state index is -1.06. The fraction of sp³-hybridized carbons (Fsp3) is 0.111. The van der Waals surface area contributed by atoms with Crippen LogP contribution in [-0.4, -0.2) is 20.6 Å². The predicted molar refractivity (Wildman–Crippen MR) is 90.4 cm³/mol. The van der Waals surface area contributed by atoms with Crippen molar-refractivity contribution in [2.75, 3.05) is 0 Å². The number of carboxylic acids is 1. The lowest BCUT2D eigenvalue weighted by atomic mass is 10.1. The SMILES string of the molecule is Cc1ccc(-n2cc(C(=O)O)nc2-c2ccccc2C)cc1Cl. The van der Waals surface area contributed by atoms with Gasteiger partial charge in [0.05, 0.1) is 0 Å². The molecule has 0 amide bonds. The van der Waals surface area contributed by atoms with E-state index >= 15 is 0 Å². The molecule has 23 heavy (non-hydrogen) atoms. The van der Waals surface area contributed by atoms with Crippen molar-refractivity contribution in [1.29, 1.82) is 0 Å². The Balaban J connectivity index is 2.25. The van der Waals surface area contributed by atoms with Crippen LogP contribution in [0.2, 0.25) is 5.02 Å². The van der Waals surface area contributed by atoms with E-state index in [1.807, 2.05) is 56.3 Å². The van der Waals surface area contributed by atoms with Gasteiger partial charge in [0.25, 0.3) is 0 Å². The molecule has 5 heteroatoms. The Labute approximate surface area is 139 Å². The summed E-state index contributed by atoms with van der Waals surface area (Å²) < 4.78 is 1.76. The van der Waals surface area contributed by atoms with Crippen molar-refractivity contribution in [3.8, 4) is 17.1 Å². The van der Waals surface area contributed by atoms with Crippen LogP contribution < -0.4 is 0 Å². The molecule has 1 aromatic heterocycles. The van der Waals surface area contributed by atoms with Crippen LogP contribution in [0.5, 0.6) is 0 Å². The summed E-state index contributed by atoms with van der Waals surface area (Å²) in [4.78, 5) is 15.6. The lowest BCUT2D eigenvalue weighted by Crippen LogP contribution is -1.98. The summed E-state index contributed by atoms with van der Waals surface area (Å²) in [6.45, 7) is 3.89. The molecule has 0 bridgehead atoms. The Morgan fingerprint density at radius 2 is 1.87 bits per heavy atom. The first-order chi connectivity index (χ1) is 11.0. The van der Waals surface area contributed by atoms with Gasteiger partial charge in [-0.3, -0.25) is 4.57 Å². The van der Waals surface area contributed by atoms with E-state index in [4.69, 9.17) is 11.6 Å². The Morgan fingerprint density at radius 3 is 2.52 bits per heavy atom. The van der Waals surface area contributed by atoms with Gasteiger partial charge in [0.15, 0.2) is 5.69 Å². The third-order valence-electron chi connectivity index (χ3n) is 3.74. The van der Waals surface area contributed by atoms with Crippen LogP contribution in [0.1, 0.15) is 21.6 Å². The van der Waals surface area contributed by atoms with Gasteiger partial charge >= 0.3 is 5.97 Å². The first-order valence-electron chi connectivity index (χ1n) is 7.12. The van der Waals surface area contributed by atoms with Gasteiger partial charge < -0.3 is 5.11 Å². The van der Waals surface area contributed by atoms with E-state index < -0.39 is 5.97 Å². The molecule has 2 aromatic carbocycles. The molecule has 0 aliphatic rings. The van der Waals surface area contributed by atoms with E-state index in [1.54, 1.807) is 4.57 Å². The van der Waals surface area contributed by atoms with E-state index in [0.29, 0.717) is 10.8 Å². The molecule has 0 saturated heterocycles. The normalized spacial score (nSPS) is 10.7. The lowest BCUT2D eigenvalue weighted by Gasteiger charge is -2.11. The molecule has 0 fully saturated rings. The lowest BCUT2D eigenvalue weighted by molar-refractivity contribution is 0.0691. The molecular weight excluding hydrogens is 312 g/mol. The van der Waals surface area contributed by atoms with E-state index in [2.05, 4.69) is 4.98 Å². The van der Waals surface area contributed by atoms with Gasteiger partial charge in [-0.15, -0.1) is 0 Å². The second-order valence-electron chi connectivity index (χ2n) is 5.37. The van der Waals surface area contributed by atoms with E-state index in [0.717, 1.165) is 22.4 Å². The summed E-state index contributed by atoms with van der Waals surface area (Å²) in [5.41, 5.74) is 3.65. The Kier molecular flexibility index (Phi) is 3.92. The highest BCUT2D eigenvalue weighted by atomic mass is 35.5. The van der Waals surface area contributed by atoms with Gasteiger partial charge in [-0.25, -0.2) is 9.78 Å². The van der Waals surface area contributed by atoms with Crippen LogP contribution in [0, 0.1) is 13.8 Å². The zero-order chi connectivity index (χ0) is 16.6. The van der Waals surface area contributed by atoms with Gasteiger partial charge in [-0.2, -0.15) is 0 Å². The number of aryl methyl sites for hydroxylation is 2. The average molecular weight is 327 g/mol. The Bertz CT molecular complexity index is 900. The molecule has 0 aliphatic heterocycles. The molecule has 0 saturated carbocycles. The third-order valence-corrected chi connectivity index (χ3v) is 4.15. The van der Waals surface area contributed by atoms with Crippen molar-refractivity contribution in [2.24, 2.45) is 0 Å². The maximum Gasteiger partial charge on any atom is 0.356 e. The first-order valence-corrected chi connectivity index (χ1v) is 7.50. The van der Waals surface area contributed by atoms with Crippen molar-refractivity contribution >= 4 is 17.6 Å². The van der Waals surface area contributed by atoms with E-state index in [9.17, 15) is 9.90 Å². The van der Waals surface area contributed by atoms with Crippen molar-refractivity contribution in [2.45, 2.75) is 13.8 Å². The van der Waals surface area contributed by atoms with Crippen LogP contribution in [0.3, 0.4) is 0 Å². The van der Waals surface area contributed by atoms with Crippen molar-refractivity contribution in [1.82, 2.24) is 9.55 Å². The van der Waals surface area contributed by atoms with Crippen LogP contribution in [-0.2, 0) is 0 Å². The molecule has 4 nitrogen and oxygen atoms in total. The summed E-state index contributed by atoms with van der Waals surface area (Å²) in [6, 6.07) is 13.4. The van der Waals surface area contributed by atoms with E-state index in [-0.39, 0.29) is 5.69 Å². The smallest absolute Gasteiger partial charge is 0.356 e. The fourth-order valence-electron chi connectivity index (χ4n) is 2.43. The molecule has 3 rings (SSSR count). The van der Waals surface area contributed by atoms with Gasteiger partial charge in [0, 0.05) is 22.5 Å². The maximum atomic E-state index is 11.3. The van der Waals surface area contributed by atoms with Crippen LogP contribution in [0.4, 0.5) is 0 Å². The third kappa shape index (κ3) is 2.85. The molecule has 0 atom stereocenters. The number of aromatic nitrogens is 2. The number of carbonyl (C=O) groups is 1. The van der Waals surface area contributed by atoms with Gasteiger partial charge in [-0.05, 0) is 37.1 Å². The summed E-state index contributed by atoms with van der Waals surface area (Å²) in [5, 5.41) is 9.91. The minimum absolute atomic E-state index is 0.0000458. The number of rotatable bonds is 3. The Morgan fingerprint density at radius 1 is 1.13 bits per heavy atom. The number of halogens is 1. The summed E-state index contributed by atoms with van der Waals surface area (Å²) >= 11 is 6.21. The van der Waals surface area contributed by atoms with Gasteiger partial charge in [0.1, 0.15) is 5.82 Å². The number of nitrogens with zero attached hydrogens (tertiary/aromatic N) is 2. The van der Waals surface area contributed by atoms with Crippen LogP contribution >= 0.6 is 11.6 Å². The van der Waals surface area contributed by atoms with Crippen molar-refractivity contribution in [3.63, 3.8) is 0 Å². The number of hydrogen-bond donors (Lipinski definition) is 1. The fourth-order valence-corrected chi connectivity index (χ4v) is 2.60. The molecule has 0 spiro atoms. The molecule has 116 valence electrons. The van der Waals surface area contributed by atoms with E-state index in [1.165, 1.54) is 6.20 Å². The monoisotopic (exact) mass is 326 g/mol. The van der Waals surface area contributed by atoms with Crippen LogP contribution in [0.25, 0.3) is 17.1 Å².